The Hall–Kier alpha value is -2.68. The van der Waals surface area contributed by atoms with Gasteiger partial charge in [0.25, 0.3) is 0 Å². The van der Waals surface area contributed by atoms with Crippen LogP contribution in [0.4, 0.5) is 0 Å². The maximum atomic E-state index is 14.9. The van der Waals surface area contributed by atoms with Crippen LogP contribution < -0.4 is 21.2 Å². The molecule has 0 aromatic heterocycles. The minimum Gasteiger partial charge on any atom is -0.299 e. The van der Waals surface area contributed by atoms with E-state index in [1.807, 2.05) is 16.4 Å². The van der Waals surface area contributed by atoms with Crippen molar-refractivity contribution in [1.82, 2.24) is 4.31 Å². The predicted octanol–water partition coefficient (Wildman–Crippen LogP) is 6.42. The van der Waals surface area contributed by atoms with Crippen molar-refractivity contribution in [3.63, 3.8) is 0 Å². The summed E-state index contributed by atoms with van der Waals surface area (Å²) in [5.74, 6) is 0.385. The highest BCUT2D eigenvalue weighted by atomic mass is 32.2. The van der Waals surface area contributed by atoms with Crippen LogP contribution in [0.5, 0.6) is 0 Å². The van der Waals surface area contributed by atoms with Crippen LogP contribution in [0.25, 0.3) is 0 Å². The van der Waals surface area contributed by atoms with Crippen LogP contribution >= 0.6 is 15.8 Å². The molecule has 4 atom stereocenters. The number of benzene rings is 4. The molecule has 0 spiro atoms. The average Bonchev–Trinajstić information content (AvgIpc) is 3.66. The maximum absolute atomic E-state index is 14.9. The van der Waals surface area contributed by atoms with Gasteiger partial charge in [-0.25, -0.2) is 8.42 Å². The fraction of sp³-hybridized carbons (Fsp3) is 0.359. The van der Waals surface area contributed by atoms with E-state index in [2.05, 4.69) is 123 Å². The van der Waals surface area contributed by atoms with Gasteiger partial charge in [0, 0.05) is 30.1 Å². The minimum absolute atomic E-state index is 0.0608. The van der Waals surface area contributed by atoms with Crippen LogP contribution in [0.3, 0.4) is 0 Å². The van der Waals surface area contributed by atoms with Gasteiger partial charge in [0.1, 0.15) is 5.78 Å². The number of Topliss-reactive ketones (excluding diaryl/α,β-unsaturated/α-hetero) is 1. The zero-order chi connectivity index (χ0) is 31.9. The Bertz CT molecular complexity index is 1690. The fourth-order valence-corrected chi connectivity index (χ4v) is 16.8. The summed E-state index contributed by atoms with van der Waals surface area (Å²) in [4.78, 5) is 13.6. The Labute approximate surface area is 277 Å². The van der Waals surface area contributed by atoms with Crippen LogP contribution in [0, 0.1) is 16.7 Å². The summed E-state index contributed by atoms with van der Waals surface area (Å²) >= 11 is 0. The lowest BCUT2D eigenvalue weighted by atomic mass is 9.70. The van der Waals surface area contributed by atoms with E-state index in [0.717, 1.165) is 19.0 Å². The van der Waals surface area contributed by atoms with E-state index in [0.29, 0.717) is 19.4 Å². The third kappa shape index (κ3) is 5.73. The smallest absolute Gasteiger partial charge is 0.215 e. The molecule has 1 aliphatic heterocycles. The standard InChI is InChI=1S/C39H43NO3P2S/c1-38(2)30-23-24-39(38,37(41)25-30)29-46(42,43)40-27-36(45(34-19-11-5-12-20-34)35-21-13-6-14-22-35)26-31(40)28-44(32-15-7-3-8-16-32)33-17-9-4-10-18-33/h3-22,30-31,36H,23-29H2,1-2H3/t30-,31-,36-,39-/m0/s1. The molecule has 46 heavy (non-hydrogen) atoms. The third-order valence-corrected chi connectivity index (χ3v) is 18.7. The number of ketones is 1. The molecule has 238 valence electrons. The number of hydrogen-bond donors (Lipinski definition) is 0. The summed E-state index contributed by atoms with van der Waals surface area (Å²) in [5, 5.41) is 5.10. The lowest BCUT2D eigenvalue weighted by Gasteiger charge is -2.38. The first-order chi connectivity index (χ1) is 22.2. The Morgan fingerprint density at radius 2 is 1.22 bits per heavy atom. The van der Waals surface area contributed by atoms with Gasteiger partial charge in [0.05, 0.1) is 5.75 Å². The quantitative estimate of drug-likeness (QED) is 0.184. The second-order valence-electron chi connectivity index (χ2n) is 13.9. The molecule has 2 saturated carbocycles. The van der Waals surface area contributed by atoms with Crippen molar-refractivity contribution in [3.8, 4) is 0 Å². The van der Waals surface area contributed by atoms with Crippen molar-refractivity contribution in [1.29, 1.82) is 0 Å². The Kier molecular flexibility index (Phi) is 8.83. The highest BCUT2D eigenvalue weighted by Gasteiger charge is 2.66. The van der Waals surface area contributed by atoms with Crippen molar-refractivity contribution >= 4 is 52.9 Å². The second kappa shape index (κ2) is 12.7. The van der Waals surface area contributed by atoms with Crippen molar-refractivity contribution in [2.45, 2.75) is 51.2 Å². The second-order valence-corrected chi connectivity index (χ2v) is 20.5. The first-order valence-corrected chi connectivity index (χ1v) is 21.0. The Morgan fingerprint density at radius 3 is 1.65 bits per heavy atom. The van der Waals surface area contributed by atoms with Crippen LogP contribution in [-0.4, -0.2) is 48.7 Å². The van der Waals surface area contributed by atoms with E-state index in [9.17, 15) is 13.2 Å². The van der Waals surface area contributed by atoms with E-state index in [1.54, 1.807) is 0 Å². The molecule has 2 aliphatic carbocycles. The van der Waals surface area contributed by atoms with Gasteiger partial charge >= 0.3 is 0 Å². The highest BCUT2D eigenvalue weighted by molar-refractivity contribution is 7.89. The van der Waals surface area contributed by atoms with Crippen LogP contribution in [-0.2, 0) is 14.8 Å². The molecule has 4 aromatic carbocycles. The number of carbonyl (C=O) groups excluding carboxylic acids is 1. The molecule has 0 N–H and O–H groups in total. The zero-order valence-corrected chi connectivity index (χ0v) is 29.3. The first kappa shape index (κ1) is 31.9. The molecule has 3 fully saturated rings. The lowest BCUT2D eigenvalue weighted by molar-refractivity contribution is -0.128. The van der Waals surface area contributed by atoms with E-state index in [4.69, 9.17) is 0 Å². The summed E-state index contributed by atoms with van der Waals surface area (Å²) in [6.45, 7) is 4.77. The summed E-state index contributed by atoms with van der Waals surface area (Å²) in [6.07, 6.45) is 3.72. The van der Waals surface area contributed by atoms with Gasteiger partial charge in [0.15, 0.2) is 0 Å². The average molecular weight is 668 g/mol. The number of fused-ring (bicyclic) bond motifs is 2. The molecule has 7 rings (SSSR count). The number of nitrogens with zero attached hydrogens (tertiary/aromatic N) is 1. The van der Waals surface area contributed by atoms with Gasteiger partial charge in [-0.15, -0.1) is 0 Å². The molecular formula is C39H43NO3P2S. The number of rotatable bonds is 10. The van der Waals surface area contributed by atoms with Crippen molar-refractivity contribution in [2.24, 2.45) is 16.7 Å². The molecule has 7 heteroatoms. The lowest BCUT2D eigenvalue weighted by Crippen LogP contribution is -2.48. The molecule has 4 nitrogen and oxygen atoms in total. The topological polar surface area (TPSA) is 54.5 Å². The van der Waals surface area contributed by atoms with Crippen LogP contribution in [0.2, 0.25) is 0 Å². The van der Waals surface area contributed by atoms with E-state index in [-0.39, 0.29) is 34.6 Å². The fourth-order valence-electron chi connectivity index (χ4n) is 8.59. The molecule has 0 radical (unpaired) electrons. The van der Waals surface area contributed by atoms with Crippen molar-refractivity contribution in [2.75, 3.05) is 18.5 Å². The maximum Gasteiger partial charge on any atom is 0.215 e. The van der Waals surface area contributed by atoms with Crippen LogP contribution in [0.15, 0.2) is 121 Å². The number of hydrogen-bond acceptors (Lipinski definition) is 3. The van der Waals surface area contributed by atoms with Gasteiger partial charge in [-0.05, 0) is 73.8 Å². The van der Waals surface area contributed by atoms with Crippen molar-refractivity contribution in [3.05, 3.63) is 121 Å². The summed E-state index contributed by atoms with van der Waals surface area (Å²) in [6, 6.07) is 42.4. The van der Waals surface area contributed by atoms with E-state index in [1.165, 1.54) is 21.2 Å². The molecule has 2 bridgehead atoms. The third-order valence-electron chi connectivity index (χ3n) is 11.2. The largest absolute Gasteiger partial charge is 0.299 e. The van der Waals surface area contributed by atoms with Gasteiger partial charge in [-0.2, -0.15) is 4.31 Å². The minimum atomic E-state index is -3.75. The zero-order valence-electron chi connectivity index (χ0n) is 26.7. The van der Waals surface area contributed by atoms with Gasteiger partial charge < -0.3 is 0 Å². The summed E-state index contributed by atoms with van der Waals surface area (Å²) in [7, 11) is -5.35. The first-order valence-electron chi connectivity index (χ1n) is 16.5. The number of carbonyl (C=O) groups is 1. The Morgan fingerprint density at radius 1 is 0.739 bits per heavy atom. The van der Waals surface area contributed by atoms with Gasteiger partial charge in [-0.1, -0.05) is 135 Å². The van der Waals surface area contributed by atoms with Crippen LogP contribution in [0.1, 0.15) is 39.5 Å². The molecular weight excluding hydrogens is 624 g/mol. The molecule has 1 heterocycles. The number of sulfonamides is 1. The molecule has 0 amide bonds. The monoisotopic (exact) mass is 667 g/mol. The van der Waals surface area contributed by atoms with E-state index >= 15 is 0 Å². The molecule has 0 unspecified atom stereocenters. The molecule has 3 aliphatic rings. The summed E-state index contributed by atoms with van der Waals surface area (Å²) < 4.78 is 31.7. The summed E-state index contributed by atoms with van der Waals surface area (Å²) in [5.41, 5.74) is -0.913. The van der Waals surface area contributed by atoms with Crippen molar-refractivity contribution < 1.29 is 13.2 Å². The normalized spacial score (nSPS) is 25.9. The highest BCUT2D eigenvalue weighted by Crippen LogP contribution is 2.64. The van der Waals surface area contributed by atoms with Gasteiger partial charge in [-0.3, -0.25) is 4.79 Å². The van der Waals surface area contributed by atoms with E-state index < -0.39 is 31.3 Å². The SMILES string of the molecule is CC1(C)[C@H]2CC[C@]1(CS(=O)(=O)N1C[C@@H](P(c3ccccc3)c3ccccc3)C[C@H]1CP(c1ccccc1)c1ccccc1)C(=O)C2. The predicted molar refractivity (Wildman–Crippen MR) is 194 cm³/mol. The van der Waals surface area contributed by atoms with Gasteiger partial charge in [0.2, 0.25) is 10.0 Å². The molecule has 1 saturated heterocycles. The Balaban J connectivity index is 1.29. The molecule has 4 aromatic rings.